The zero-order chi connectivity index (χ0) is 14.4. The number of nitrogen functional groups attached to an aromatic ring is 1. The molecule has 0 aliphatic carbocycles. The number of para-hydroxylation sites is 1. The molecule has 0 saturated heterocycles. The van der Waals surface area contributed by atoms with Gasteiger partial charge >= 0.3 is 12.0 Å². The second kappa shape index (κ2) is 6.64. The molecule has 8 heteroatoms. The summed E-state index contributed by atoms with van der Waals surface area (Å²) in [5.74, 6) is 5.95. The van der Waals surface area contributed by atoms with Gasteiger partial charge in [-0.1, -0.05) is 18.2 Å². The zero-order valence-electron chi connectivity index (χ0n) is 10.9. The molecule has 0 radical (unpaired) electrons. The summed E-state index contributed by atoms with van der Waals surface area (Å²) in [6, 6.07) is 7.43. The molecule has 106 valence electrons. The number of methoxy groups -OCH3 is 1. The average molecular weight is 277 g/mol. The molecule has 0 bridgehead atoms. The van der Waals surface area contributed by atoms with Crippen LogP contribution in [0.1, 0.15) is 5.56 Å². The smallest absolute Gasteiger partial charge is 0.330 e. The minimum absolute atomic E-state index is 0.0243. The number of nitrogens with two attached hydrogens (primary N) is 1. The molecule has 0 fully saturated rings. The summed E-state index contributed by atoms with van der Waals surface area (Å²) < 4.78 is 10.5. The maximum Gasteiger partial charge on any atom is 0.330 e. The second-order valence-electron chi connectivity index (χ2n) is 3.76. The Hall–Kier alpha value is -2.45. The second-order valence-corrected chi connectivity index (χ2v) is 3.76. The van der Waals surface area contributed by atoms with Gasteiger partial charge in [-0.3, -0.25) is 5.43 Å². The number of hydrogen-bond acceptors (Lipinski definition) is 8. The van der Waals surface area contributed by atoms with Crippen LogP contribution in [-0.2, 0) is 6.42 Å². The molecule has 1 heterocycles. The number of aromatic nitrogens is 3. The normalized spacial score (nSPS) is 10.2. The molecule has 20 heavy (non-hydrogen) atoms. The third-order valence-electron chi connectivity index (χ3n) is 2.46. The van der Waals surface area contributed by atoms with Crippen LogP contribution in [0.25, 0.3) is 0 Å². The van der Waals surface area contributed by atoms with Crippen molar-refractivity contribution in [2.75, 3.05) is 19.1 Å². The van der Waals surface area contributed by atoms with Crippen molar-refractivity contribution in [2.45, 2.75) is 6.42 Å². The van der Waals surface area contributed by atoms with Gasteiger partial charge in [0.2, 0.25) is 5.95 Å². The van der Waals surface area contributed by atoms with Crippen molar-refractivity contribution in [1.29, 1.82) is 0 Å². The molecule has 0 aliphatic heterocycles. The van der Waals surface area contributed by atoms with Gasteiger partial charge < -0.3 is 14.6 Å². The first kappa shape index (κ1) is 14.0. The van der Waals surface area contributed by atoms with E-state index in [9.17, 15) is 0 Å². The Morgan fingerprint density at radius 1 is 1.20 bits per heavy atom. The Bertz CT molecular complexity index is 557. The van der Waals surface area contributed by atoms with E-state index in [4.69, 9.17) is 20.4 Å². The molecule has 1 aromatic heterocycles. The van der Waals surface area contributed by atoms with E-state index in [0.717, 1.165) is 5.56 Å². The Labute approximate surface area is 115 Å². The highest BCUT2D eigenvalue weighted by Crippen LogP contribution is 2.24. The number of hydrogen-bond donors (Lipinski definition) is 3. The number of benzene rings is 1. The summed E-state index contributed by atoms with van der Waals surface area (Å²) in [5.41, 5.74) is 3.15. The lowest BCUT2D eigenvalue weighted by atomic mass is 10.1. The van der Waals surface area contributed by atoms with Crippen LogP contribution < -0.4 is 20.7 Å². The fraction of sp³-hybridized carbons (Fsp3) is 0.250. The van der Waals surface area contributed by atoms with Gasteiger partial charge in [-0.05, 0) is 18.1 Å². The van der Waals surface area contributed by atoms with Crippen molar-refractivity contribution in [3.8, 4) is 17.8 Å². The monoisotopic (exact) mass is 277 g/mol. The van der Waals surface area contributed by atoms with Crippen molar-refractivity contribution in [3.63, 3.8) is 0 Å². The van der Waals surface area contributed by atoms with E-state index >= 15 is 0 Å². The van der Waals surface area contributed by atoms with E-state index in [1.54, 1.807) is 6.07 Å². The highest BCUT2D eigenvalue weighted by molar-refractivity contribution is 5.36. The van der Waals surface area contributed by atoms with E-state index in [1.165, 1.54) is 7.11 Å². The van der Waals surface area contributed by atoms with E-state index in [2.05, 4.69) is 20.4 Å². The highest BCUT2D eigenvalue weighted by Gasteiger charge is 2.10. The quantitative estimate of drug-likeness (QED) is 0.516. The van der Waals surface area contributed by atoms with Gasteiger partial charge in [-0.2, -0.15) is 9.97 Å². The summed E-state index contributed by atoms with van der Waals surface area (Å²) in [4.78, 5) is 11.8. The minimum atomic E-state index is 0.0243. The predicted octanol–water partition coefficient (Wildman–Crippen LogP) is 0.493. The van der Waals surface area contributed by atoms with Gasteiger partial charge in [-0.15, -0.1) is 4.98 Å². The molecule has 0 aliphatic rings. The topological polar surface area (TPSA) is 115 Å². The molecular formula is C12H15N5O3. The lowest BCUT2D eigenvalue weighted by molar-refractivity contribution is 0.297. The fourth-order valence-corrected chi connectivity index (χ4v) is 1.57. The highest BCUT2D eigenvalue weighted by atomic mass is 16.5. The van der Waals surface area contributed by atoms with Gasteiger partial charge in [0, 0.05) is 6.61 Å². The molecule has 8 nitrogen and oxygen atoms in total. The molecule has 4 N–H and O–H groups in total. The van der Waals surface area contributed by atoms with Crippen molar-refractivity contribution >= 4 is 5.95 Å². The largest absolute Gasteiger partial charge is 0.467 e. The molecule has 0 atom stereocenters. The van der Waals surface area contributed by atoms with Crippen molar-refractivity contribution in [2.24, 2.45) is 5.84 Å². The van der Waals surface area contributed by atoms with Crippen LogP contribution in [0.2, 0.25) is 0 Å². The summed E-state index contributed by atoms with van der Waals surface area (Å²) >= 11 is 0. The molecule has 0 spiro atoms. The Morgan fingerprint density at radius 2 is 1.95 bits per heavy atom. The number of aliphatic hydroxyl groups is 1. The summed E-state index contributed by atoms with van der Waals surface area (Å²) in [7, 11) is 1.43. The van der Waals surface area contributed by atoms with Gasteiger partial charge in [0.25, 0.3) is 0 Å². The van der Waals surface area contributed by atoms with Gasteiger partial charge in [-0.25, -0.2) is 5.84 Å². The van der Waals surface area contributed by atoms with E-state index in [1.807, 2.05) is 18.2 Å². The van der Waals surface area contributed by atoms with Crippen LogP contribution >= 0.6 is 0 Å². The van der Waals surface area contributed by atoms with Crippen LogP contribution in [-0.4, -0.2) is 33.8 Å². The number of aliphatic hydroxyl groups excluding tert-OH is 1. The number of ether oxygens (including phenoxy) is 2. The van der Waals surface area contributed by atoms with E-state index < -0.39 is 0 Å². The van der Waals surface area contributed by atoms with Crippen LogP contribution in [0.4, 0.5) is 5.95 Å². The first-order chi connectivity index (χ1) is 9.76. The van der Waals surface area contributed by atoms with Crippen LogP contribution in [0.5, 0.6) is 17.8 Å². The van der Waals surface area contributed by atoms with Gasteiger partial charge in [0.15, 0.2) is 0 Å². The number of anilines is 1. The minimum Gasteiger partial charge on any atom is -0.467 e. The molecule has 2 aromatic rings. The van der Waals surface area contributed by atoms with Gasteiger partial charge in [0.1, 0.15) is 5.75 Å². The van der Waals surface area contributed by atoms with E-state index in [0.29, 0.717) is 12.2 Å². The first-order valence-corrected chi connectivity index (χ1v) is 5.90. The first-order valence-electron chi connectivity index (χ1n) is 5.90. The zero-order valence-corrected chi connectivity index (χ0v) is 10.9. The third kappa shape index (κ3) is 3.31. The molecule has 2 rings (SSSR count). The maximum atomic E-state index is 9.03. The summed E-state index contributed by atoms with van der Waals surface area (Å²) in [6.45, 7) is 0.0243. The average Bonchev–Trinajstić information content (AvgIpc) is 2.49. The van der Waals surface area contributed by atoms with Crippen LogP contribution in [0.15, 0.2) is 24.3 Å². The van der Waals surface area contributed by atoms with Crippen molar-refractivity contribution < 1.29 is 14.6 Å². The molecule has 0 unspecified atom stereocenters. The maximum absolute atomic E-state index is 9.03. The lowest BCUT2D eigenvalue weighted by Gasteiger charge is -2.10. The Morgan fingerprint density at radius 3 is 2.65 bits per heavy atom. The van der Waals surface area contributed by atoms with Crippen molar-refractivity contribution in [1.82, 2.24) is 15.0 Å². The molecule has 1 aromatic carbocycles. The van der Waals surface area contributed by atoms with Crippen LogP contribution in [0.3, 0.4) is 0 Å². The summed E-state index contributed by atoms with van der Waals surface area (Å²) in [6.07, 6.45) is 0.473. The van der Waals surface area contributed by atoms with Crippen LogP contribution in [0, 0.1) is 0 Å². The number of hydrazine groups is 1. The fourth-order valence-electron chi connectivity index (χ4n) is 1.57. The third-order valence-corrected chi connectivity index (χ3v) is 2.46. The van der Waals surface area contributed by atoms with Gasteiger partial charge in [0.05, 0.1) is 7.11 Å². The number of rotatable bonds is 6. The van der Waals surface area contributed by atoms with Crippen molar-refractivity contribution in [3.05, 3.63) is 29.8 Å². The standard InChI is InChI=1S/C12H15N5O3/c1-19-11-14-10(17-13)15-12(16-11)20-9-5-3-2-4-8(9)6-7-18/h2-5,18H,6-7,13H2,1H3,(H,14,15,16,17). The molecule has 0 saturated carbocycles. The number of nitrogens with one attached hydrogen (secondary N) is 1. The Kier molecular flexibility index (Phi) is 4.64. The molecule has 0 amide bonds. The Balaban J connectivity index is 2.29. The SMILES string of the molecule is COc1nc(NN)nc(Oc2ccccc2CCO)n1. The summed E-state index contributed by atoms with van der Waals surface area (Å²) in [5, 5.41) is 9.03. The molecular weight excluding hydrogens is 262 g/mol. The number of nitrogens with zero attached hydrogens (tertiary/aromatic N) is 3. The lowest BCUT2D eigenvalue weighted by Crippen LogP contribution is -2.12. The van der Waals surface area contributed by atoms with E-state index in [-0.39, 0.29) is 24.6 Å². The predicted molar refractivity (Wildman–Crippen MR) is 71.5 cm³/mol.